The van der Waals surface area contributed by atoms with Crippen molar-refractivity contribution in [3.8, 4) is 0 Å². The molecule has 1 aromatic carbocycles. The van der Waals surface area contributed by atoms with Crippen LogP contribution in [0.5, 0.6) is 0 Å². The van der Waals surface area contributed by atoms with Crippen LogP contribution in [0.4, 0.5) is 0 Å². The SMILES string of the molecule is Cc1ccc(SCCNC(=O)Cn2nc(C)c(S(=O)(=O)N3CCOCC3)c2C)cc1. The highest BCUT2D eigenvalue weighted by atomic mass is 32.2. The Morgan fingerprint density at radius 1 is 1.17 bits per heavy atom. The Hall–Kier alpha value is -1.88. The van der Waals surface area contributed by atoms with E-state index >= 15 is 0 Å². The number of rotatable bonds is 8. The first-order valence-electron chi connectivity index (χ1n) is 9.87. The van der Waals surface area contributed by atoms with E-state index in [4.69, 9.17) is 4.74 Å². The van der Waals surface area contributed by atoms with Gasteiger partial charge >= 0.3 is 0 Å². The van der Waals surface area contributed by atoms with Crippen LogP contribution in [0, 0.1) is 20.8 Å². The second-order valence-electron chi connectivity index (χ2n) is 7.19. The number of carbonyl (C=O) groups excluding carboxylic acids is 1. The summed E-state index contributed by atoms with van der Waals surface area (Å²) < 4.78 is 34.1. The number of carbonyl (C=O) groups is 1. The van der Waals surface area contributed by atoms with Gasteiger partial charge in [-0.05, 0) is 32.9 Å². The van der Waals surface area contributed by atoms with Crippen LogP contribution < -0.4 is 5.32 Å². The maximum Gasteiger partial charge on any atom is 0.246 e. The number of nitrogens with one attached hydrogen (secondary N) is 1. The molecule has 1 aliphatic rings. The molecule has 0 spiro atoms. The first-order chi connectivity index (χ1) is 14.3. The van der Waals surface area contributed by atoms with Crippen molar-refractivity contribution in [1.82, 2.24) is 19.4 Å². The highest BCUT2D eigenvalue weighted by Gasteiger charge is 2.32. The first-order valence-corrected chi connectivity index (χ1v) is 12.3. The average Bonchev–Trinajstić information content (AvgIpc) is 3.00. The lowest BCUT2D eigenvalue weighted by molar-refractivity contribution is -0.121. The lowest BCUT2D eigenvalue weighted by atomic mass is 10.2. The van der Waals surface area contributed by atoms with Crippen molar-refractivity contribution >= 4 is 27.7 Å². The quantitative estimate of drug-likeness (QED) is 0.484. The summed E-state index contributed by atoms with van der Waals surface area (Å²) in [5.74, 6) is 0.559. The molecule has 1 aromatic heterocycles. The zero-order valence-electron chi connectivity index (χ0n) is 17.6. The summed E-state index contributed by atoms with van der Waals surface area (Å²) in [4.78, 5) is 13.7. The van der Waals surface area contributed by atoms with Gasteiger partial charge < -0.3 is 10.1 Å². The largest absolute Gasteiger partial charge is 0.379 e. The topological polar surface area (TPSA) is 93.5 Å². The summed E-state index contributed by atoms with van der Waals surface area (Å²) in [5.41, 5.74) is 2.09. The fourth-order valence-corrected chi connectivity index (χ4v) is 5.86. The van der Waals surface area contributed by atoms with E-state index in [1.807, 2.05) is 6.92 Å². The Kier molecular flexibility index (Phi) is 7.56. The van der Waals surface area contributed by atoms with Gasteiger partial charge in [0.15, 0.2) is 0 Å². The normalized spacial score (nSPS) is 15.3. The van der Waals surface area contributed by atoms with Gasteiger partial charge in [0.2, 0.25) is 15.9 Å². The smallest absolute Gasteiger partial charge is 0.246 e. The van der Waals surface area contributed by atoms with Crippen LogP contribution in [0.2, 0.25) is 0 Å². The Labute approximate surface area is 182 Å². The van der Waals surface area contributed by atoms with Crippen LogP contribution in [-0.4, -0.2) is 67.0 Å². The van der Waals surface area contributed by atoms with E-state index < -0.39 is 10.0 Å². The third kappa shape index (κ3) is 5.42. The van der Waals surface area contributed by atoms with Crippen molar-refractivity contribution in [3.05, 3.63) is 41.2 Å². The number of nitrogens with zero attached hydrogens (tertiary/aromatic N) is 3. The molecule has 2 aromatic rings. The van der Waals surface area contributed by atoms with Gasteiger partial charge in [0.1, 0.15) is 11.4 Å². The molecule has 0 bridgehead atoms. The molecule has 30 heavy (non-hydrogen) atoms. The molecular weight excluding hydrogens is 424 g/mol. The minimum atomic E-state index is -3.66. The molecule has 0 atom stereocenters. The molecular formula is C20H28N4O4S2. The maximum absolute atomic E-state index is 13.0. The van der Waals surface area contributed by atoms with E-state index in [9.17, 15) is 13.2 Å². The predicted molar refractivity (Wildman–Crippen MR) is 116 cm³/mol. The molecule has 8 nitrogen and oxygen atoms in total. The predicted octanol–water partition coefficient (Wildman–Crippen LogP) is 1.74. The minimum Gasteiger partial charge on any atom is -0.379 e. The summed E-state index contributed by atoms with van der Waals surface area (Å²) in [6, 6.07) is 8.25. The van der Waals surface area contributed by atoms with Gasteiger partial charge in [-0.15, -0.1) is 11.8 Å². The van der Waals surface area contributed by atoms with Crippen molar-refractivity contribution in [2.45, 2.75) is 37.1 Å². The van der Waals surface area contributed by atoms with Crippen LogP contribution in [0.25, 0.3) is 0 Å². The van der Waals surface area contributed by atoms with Gasteiger partial charge in [0.25, 0.3) is 0 Å². The number of amides is 1. The number of morpholine rings is 1. The van der Waals surface area contributed by atoms with Crippen molar-refractivity contribution in [2.24, 2.45) is 0 Å². The van der Waals surface area contributed by atoms with E-state index in [-0.39, 0.29) is 17.3 Å². The van der Waals surface area contributed by atoms with Gasteiger partial charge in [-0.3, -0.25) is 9.48 Å². The summed E-state index contributed by atoms with van der Waals surface area (Å²) in [5, 5.41) is 7.18. The molecule has 1 saturated heterocycles. The van der Waals surface area contributed by atoms with Gasteiger partial charge in [-0.2, -0.15) is 9.40 Å². The third-order valence-electron chi connectivity index (χ3n) is 4.89. The van der Waals surface area contributed by atoms with Crippen LogP contribution >= 0.6 is 11.8 Å². The molecule has 1 N–H and O–H groups in total. The Morgan fingerprint density at radius 3 is 2.50 bits per heavy atom. The third-order valence-corrected chi connectivity index (χ3v) is 8.06. The standard InChI is InChI=1S/C20H28N4O4S2/c1-15-4-6-18(7-5-15)29-13-8-21-19(25)14-24-17(3)20(16(2)22-24)30(26,27)23-9-11-28-12-10-23/h4-7H,8-14H2,1-3H3,(H,21,25). The molecule has 1 amide bonds. The average molecular weight is 453 g/mol. The molecule has 2 heterocycles. The lowest BCUT2D eigenvalue weighted by Crippen LogP contribution is -2.41. The van der Waals surface area contributed by atoms with Crippen LogP contribution in [0.3, 0.4) is 0 Å². The Balaban J connectivity index is 1.56. The van der Waals surface area contributed by atoms with Gasteiger partial charge in [-0.25, -0.2) is 8.42 Å². The van der Waals surface area contributed by atoms with E-state index in [2.05, 4.69) is 34.7 Å². The van der Waals surface area contributed by atoms with Gasteiger partial charge in [0.05, 0.1) is 24.6 Å². The number of thioether (sulfide) groups is 1. The highest BCUT2D eigenvalue weighted by Crippen LogP contribution is 2.24. The monoisotopic (exact) mass is 452 g/mol. The number of aromatic nitrogens is 2. The number of aryl methyl sites for hydroxylation is 2. The number of benzene rings is 1. The number of hydrogen-bond acceptors (Lipinski definition) is 6. The van der Waals surface area contributed by atoms with E-state index in [1.54, 1.807) is 25.6 Å². The number of hydrogen-bond donors (Lipinski definition) is 1. The molecule has 164 valence electrons. The molecule has 0 saturated carbocycles. The molecule has 1 fully saturated rings. The van der Waals surface area contributed by atoms with Gasteiger partial charge in [0, 0.05) is 30.3 Å². The molecule has 3 rings (SSSR count). The van der Waals surface area contributed by atoms with Crippen molar-refractivity contribution in [1.29, 1.82) is 0 Å². The molecule has 1 aliphatic heterocycles. The lowest BCUT2D eigenvalue weighted by Gasteiger charge is -2.26. The summed E-state index contributed by atoms with van der Waals surface area (Å²) in [6.07, 6.45) is 0. The highest BCUT2D eigenvalue weighted by molar-refractivity contribution is 7.99. The van der Waals surface area contributed by atoms with Crippen LogP contribution in [0.15, 0.2) is 34.1 Å². The van der Waals surface area contributed by atoms with Crippen molar-refractivity contribution < 1.29 is 17.9 Å². The maximum atomic E-state index is 13.0. The zero-order chi connectivity index (χ0) is 21.7. The molecule has 0 radical (unpaired) electrons. The molecule has 10 heteroatoms. The number of ether oxygens (including phenoxy) is 1. The van der Waals surface area contributed by atoms with E-state index in [0.717, 1.165) is 10.6 Å². The van der Waals surface area contributed by atoms with Crippen LogP contribution in [-0.2, 0) is 26.1 Å². The van der Waals surface area contributed by atoms with E-state index in [1.165, 1.54) is 14.6 Å². The number of sulfonamides is 1. The molecule has 0 aliphatic carbocycles. The van der Waals surface area contributed by atoms with E-state index in [0.29, 0.717) is 44.2 Å². The second kappa shape index (κ2) is 9.95. The van der Waals surface area contributed by atoms with Crippen molar-refractivity contribution in [2.75, 3.05) is 38.6 Å². The van der Waals surface area contributed by atoms with Crippen molar-refractivity contribution in [3.63, 3.8) is 0 Å². The summed E-state index contributed by atoms with van der Waals surface area (Å²) >= 11 is 1.67. The van der Waals surface area contributed by atoms with Gasteiger partial charge in [-0.1, -0.05) is 17.7 Å². The zero-order valence-corrected chi connectivity index (χ0v) is 19.2. The minimum absolute atomic E-state index is 0.0134. The summed E-state index contributed by atoms with van der Waals surface area (Å²) in [6.45, 7) is 7.32. The molecule has 0 unspecified atom stereocenters. The fourth-order valence-electron chi connectivity index (χ4n) is 3.31. The summed E-state index contributed by atoms with van der Waals surface area (Å²) in [7, 11) is -3.66. The van der Waals surface area contributed by atoms with Crippen LogP contribution in [0.1, 0.15) is 17.0 Å². The second-order valence-corrected chi connectivity index (χ2v) is 10.2. The first kappa shape index (κ1) is 22.8. The fraction of sp³-hybridized carbons (Fsp3) is 0.500. The Morgan fingerprint density at radius 2 is 1.83 bits per heavy atom. The Bertz CT molecular complexity index is 981.